The monoisotopic (exact) mass is 461 g/mol. The number of rotatable bonds is 4. The second-order valence-corrected chi connectivity index (χ2v) is 6.87. The number of ether oxygens (including phenoxy) is 2. The normalized spacial score (nSPS) is 10.6. The molecule has 0 bridgehead atoms. The van der Waals surface area contributed by atoms with Crippen molar-refractivity contribution in [2.75, 3.05) is 19.5 Å². The largest absolute Gasteiger partial charge is 0.496 e. The summed E-state index contributed by atoms with van der Waals surface area (Å²) in [7, 11) is 3.07. The van der Waals surface area contributed by atoms with Gasteiger partial charge in [-0.25, -0.2) is 4.79 Å². The van der Waals surface area contributed by atoms with Crippen LogP contribution in [0.25, 0.3) is 0 Å². The van der Waals surface area contributed by atoms with Gasteiger partial charge in [-0.1, -0.05) is 69.6 Å². The van der Waals surface area contributed by atoms with Crippen LogP contribution < -0.4 is 14.8 Å². The molecular formula is C15H9Cl6NO3. The molecule has 0 amide bonds. The number of halogens is 6. The summed E-state index contributed by atoms with van der Waals surface area (Å²) in [5.74, 6) is -0.805. The quantitative estimate of drug-likeness (QED) is 0.232. The van der Waals surface area contributed by atoms with Crippen molar-refractivity contribution in [3.63, 3.8) is 0 Å². The molecule has 2 aromatic carbocycles. The number of methoxy groups -OCH3 is 1. The minimum absolute atomic E-state index is 0.0443. The molecule has 25 heavy (non-hydrogen) atoms. The first kappa shape index (κ1) is 20.6. The first-order chi connectivity index (χ1) is 11.7. The van der Waals surface area contributed by atoms with Gasteiger partial charge >= 0.3 is 5.97 Å². The second-order valence-electron chi connectivity index (χ2n) is 4.57. The van der Waals surface area contributed by atoms with Crippen molar-refractivity contribution < 1.29 is 14.3 Å². The van der Waals surface area contributed by atoms with Gasteiger partial charge in [0.05, 0.1) is 32.9 Å². The van der Waals surface area contributed by atoms with Crippen LogP contribution in [0.2, 0.25) is 30.1 Å². The predicted molar refractivity (Wildman–Crippen MR) is 104 cm³/mol. The van der Waals surface area contributed by atoms with E-state index in [1.54, 1.807) is 13.1 Å². The van der Waals surface area contributed by atoms with Gasteiger partial charge in [0.2, 0.25) is 0 Å². The van der Waals surface area contributed by atoms with Crippen molar-refractivity contribution in [1.82, 2.24) is 0 Å². The Bertz CT molecular complexity index is 827. The molecule has 0 fully saturated rings. The first-order valence-corrected chi connectivity index (χ1v) is 8.78. The van der Waals surface area contributed by atoms with Crippen LogP contribution in [-0.2, 0) is 0 Å². The number of nitrogens with one attached hydrogen (secondary N) is 1. The van der Waals surface area contributed by atoms with Crippen LogP contribution in [0.15, 0.2) is 12.1 Å². The maximum atomic E-state index is 12.5. The molecule has 2 rings (SSSR count). The van der Waals surface area contributed by atoms with E-state index in [9.17, 15) is 4.79 Å². The van der Waals surface area contributed by atoms with Crippen LogP contribution in [0.1, 0.15) is 10.4 Å². The molecule has 0 aliphatic rings. The zero-order chi connectivity index (χ0) is 18.9. The van der Waals surface area contributed by atoms with E-state index in [4.69, 9.17) is 79.1 Å². The molecule has 0 unspecified atom stereocenters. The van der Waals surface area contributed by atoms with Crippen molar-refractivity contribution in [2.24, 2.45) is 0 Å². The van der Waals surface area contributed by atoms with Crippen LogP contribution in [-0.4, -0.2) is 20.1 Å². The predicted octanol–water partition coefficient (Wildman–Crippen LogP) is 6.88. The molecule has 0 saturated carbocycles. The third kappa shape index (κ3) is 4.00. The van der Waals surface area contributed by atoms with E-state index in [2.05, 4.69) is 5.32 Å². The highest BCUT2D eigenvalue weighted by atomic mass is 35.5. The Morgan fingerprint density at radius 1 is 0.920 bits per heavy atom. The molecule has 0 heterocycles. The molecule has 10 heteroatoms. The summed E-state index contributed by atoms with van der Waals surface area (Å²) in [5, 5.41) is 2.65. The molecule has 0 aromatic heterocycles. The summed E-state index contributed by atoms with van der Waals surface area (Å²) in [6.07, 6.45) is 0. The first-order valence-electron chi connectivity index (χ1n) is 6.51. The Labute approximate surface area is 173 Å². The number of benzene rings is 2. The molecule has 0 aliphatic carbocycles. The summed E-state index contributed by atoms with van der Waals surface area (Å²) in [4.78, 5) is 12.5. The molecule has 0 saturated heterocycles. The van der Waals surface area contributed by atoms with Gasteiger partial charge in [0.15, 0.2) is 5.75 Å². The van der Waals surface area contributed by atoms with Gasteiger partial charge in [0, 0.05) is 13.1 Å². The number of esters is 1. The lowest BCUT2D eigenvalue weighted by atomic mass is 10.1. The zero-order valence-electron chi connectivity index (χ0n) is 12.6. The lowest BCUT2D eigenvalue weighted by Gasteiger charge is -2.15. The highest BCUT2D eigenvalue weighted by molar-refractivity contribution is 6.55. The van der Waals surface area contributed by atoms with E-state index >= 15 is 0 Å². The maximum absolute atomic E-state index is 12.5. The van der Waals surface area contributed by atoms with E-state index in [1.807, 2.05) is 0 Å². The lowest BCUT2D eigenvalue weighted by molar-refractivity contribution is 0.0731. The van der Waals surface area contributed by atoms with Crippen molar-refractivity contribution in [2.45, 2.75) is 0 Å². The molecule has 1 N–H and O–H groups in total. The average molecular weight is 464 g/mol. The summed E-state index contributed by atoms with van der Waals surface area (Å²) in [5.41, 5.74) is 0.629. The second kappa shape index (κ2) is 8.30. The minimum atomic E-state index is -0.820. The Balaban J connectivity index is 2.50. The van der Waals surface area contributed by atoms with E-state index in [0.29, 0.717) is 10.7 Å². The maximum Gasteiger partial charge on any atom is 0.347 e. The Kier molecular flexibility index (Phi) is 6.82. The molecule has 134 valence electrons. The molecule has 4 nitrogen and oxygen atoms in total. The van der Waals surface area contributed by atoms with Crippen LogP contribution >= 0.6 is 69.6 Å². The summed E-state index contributed by atoms with van der Waals surface area (Å²) in [6, 6.07) is 2.93. The Hall–Kier alpha value is -0.750. The zero-order valence-corrected chi connectivity index (χ0v) is 17.2. The van der Waals surface area contributed by atoms with E-state index in [0.717, 1.165) is 0 Å². The minimum Gasteiger partial charge on any atom is -0.496 e. The summed E-state index contributed by atoms with van der Waals surface area (Å²) in [6.45, 7) is 0. The van der Waals surface area contributed by atoms with Crippen LogP contribution in [0.4, 0.5) is 5.69 Å². The Morgan fingerprint density at radius 3 is 1.92 bits per heavy atom. The third-order valence-corrected chi connectivity index (χ3v) is 5.70. The lowest BCUT2D eigenvalue weighted by Crippen LogP contribution is -2.11. The third-order valence-electron chi connectivity index (χ3n) is 3.14. The van der Waals surface area contributed by atoms with Crippen LogP contribution in [0, 0.1) is 0 Å². The van der Waals surface area contributed by atoms with E-state index in [1.165, 1.54) is 13.2 Å². The molecule has 0 aliphatic heterocycles. The average Bonchev–Trinajstić information content (AvgIpc) is 2.61. The molecule has 0 spiro atoms. The van der Waals surface area contributed by atoms with Crippen molar-refractivity contribution in [3.8, 4) is 11.5 Å². The molecule has 2 aromatic rings. The number of carbonyl (C=O) groups excluding carboxylic acids is 1. The fourth-order valence-electron chi connectivity index (χ4n) is 1.90. The molecule has 0 radical (unpaired) electrons. The topological polar surface area (TPSA) is 47.6 Å². The number of hydrogen-bond donors (Lipinski definition) is 1. The molecular weight excluding hydrogens is 455 g/mol. The highest BCUT2D eigenvalue weighted by Crippen LogP contribution is 2.48. The van der Waals surface area contributed by atoms with Gasteiger partial charge in [0.25, 0.3) is 0 Å². The van der Waals surface area contributed by atoms with Gasteiger partial charge < -0.3 is 14.8 Å². The SMILES string of the molecule is CNc1cc(OC)c(C(=O)Oc2c(Cl)c(Cl)c(Cl)c(Cl)c2Cl)cc1Cl. The van der Waals surface area contributed by atoms with Crippen molar-refractivity contribution in [3.05, 3.63) is 47.8 Å². The van der Waals surface area contributed by atoms with Crippen molar-refractivity contribution >= 4 is 81.3 Å². The van der Waals surface area contributed by atoms with Crippen molar-refractivity contribution in [1.29, 1.82) is 0 Å². The van der Waals surface area contributed by atoms with E-state index < -0.39 is 5.97 Å². The van der Waals surface area contributed by atoms with Crippen LogP contribution in [0.3, 0.4) is 0 Å². The van der Waals surface area contributed by atoms with Gasteiger partial charge in [-0.3, -0.25) is 0 Å². The number of carbonyl (C=O) groups is 1. The van der Waals surface area contributed by atoms with Gasteiger partial charge in [0.1, 0.15) is 21.4 Å². The smallest absolute Gasteiger partial charge is 0.347 e. The summed E-state index contributed by atoms with van der Waals surface area (Å²) < 4.78 is 10.5. The van der Waals surface area contributed by atoms with Gasteiger partial charge in [-0.15, -0.1) is 0 Å². The standard InChI is InChI=1S/C15H9Cl6NO3/c1-22-7-4-8(24-2)5(3-6(7)16)15(23)25-14-12(20)10(18)9(17)11(19)13(14)21/h3-4,22H,1-2H3. The fourth-order valence-corrected chi connectivity index (χ4v) is 3.35. The van der Waals surface area contributed by atoms with Gasteiger partial charge in [-0.05, 0) is 6.07 Å². The van der Waals surface area contributed by atoms with Gasteiger partial charge in [-0.2, -0.15) is 0 Å². The number of anilines is 1. The highest BCUT2D eigenvalue weighted by Gasteiger charge is 2.25. The number of hydrogen-bond acceptors (Lipinski definition) is 4. The summed E-state index contributed by atoms with van der Waals surface area (Å²) >= 11 is 36.0. The molecule has 0 atom stereocenters. The fraction of sp³-hybridized carbons (Fsp3) is 0.133. The van der Waals surface area contributed by atoms with Crippen LogP contribution in [0.5, 0.6) is 11.5 Å². The Morgan fingerprint density at radius 2 is 1.44 bits per heavy atom. The van der Waals surface area contributed by atoms with E-state index in [-0.39, 0.29) is 42.2 Å².